The average Bonchev–Trinajstić information content (AvgIpc) is 3.64. The van der Waals surface area contributed by atoms with Crippen LogP contribution < -0.4 is 18.9 Å². The number of nitrogens with one attached hydrogen (secondary N) is 1. The second-order valence-electron chi connectivity index (χ2n) is 9.73. The molecule has 3 heterocycles. The molecule has 11 heteroatoms. The van der Waals surface area contributed by atoms with Crippen molar-refractivity contribution in [3.63, 3.8) is 0 Å². The van der Waals surface area contributed by atoms with Crippen LogP contribution in [0.25, 0.3) is 0 Å². The van der Waals surface area contributed by atoms with Crippen molar-refractivity contribution in [2.24, 2.45) is 0 Å². The predicted octanol–water partition coefficient (Wildman–Crippen LogP) is 5.03. The van der Waals surface area contributed by atoms with E-state index >= 15 is 0 Å². The highest BCUT2D eigenvalue weighted by atomic mass is 32.2. The van der Waals surface area contributed by atoms with E-state index in [4.69, 9.17) is 18.9 Å². The van der Waals surface area contributed by atoms with Gasteiger partial charge in [0.2, 0.25) is 5.75 Å². The minimum Gasteiger partial charge on any atom is -0.493 e. The van der Waals surface area contributed by atoms with Gasteiger partial charge in [0, 0.05) is 18.7 Å². The Balaban J connectivity index is 1.54. The molecule has 1 N–H and O–H groups in total. The maximum atomic E-state index is 13.4. The molecule has 2 aromatic heterocycles. The summed E-state index contributed by atoms with van der Waals surface area (Å²) < 4.78 is 52.8. The van der Waals surface area contributed by atoms with Gasteiger partial charge in [0.1, 0.15) is 12.4 Å². The summed E-state index contributed by atoms with van der Waals surface area (Å²) in [7, 11) is -2.57. The monoisotopic (exact) mass is 540 g/mol. The molecule has 2 fully saturated rings. The first-order chi connectivity index (χ1) is 18.3. The molecule has 0 spiro atoms. The summed E-state index contributed by atoms with van der Waals surface area (Å²) in [5, 5.41) is -0.126. The highest BCUT2D eigenvalue weighted by molar-refractivity contribution is 7.92. The number of methoxy groups -OCH3 is 1. The number of pyridine rings is 1. The summed E-state index contributed by atoms with van der Waals surface area (Å²) in [5.74, 6) is 1.84. The van der Waals surface area contributed by atoms with E-state index in [1.54, 1.807) is 30.5 Å². The zero-order valence-corrected chi connectivity index (χ0v) is 22.5. The fourth-order valence-corrected chi connectivity index (χ4v) is 5.00. The number of benzene rings is 1. The lowest BCUT2D eigenvalue weighted by Crippen LogP contribution is -2.20. The van der Waals surface area contributed by atoms with Crippen LogP contribution in [-0.4, -0.2) is 49.8 Å². The minimum absolute atomic E-state index is 0.0233. The van der Waals surface area contributed by atoms with E-state index in [2.05, 4.69) is 19.7 Å². The Kier molecular flexibility index (Phi) is 7.66. The van der Waals surface area contributed by atoms with Gasteiger partial charge in [0.05, 0.1) is 13.2 Å². The molecule has 1 saturated carbocycles. The second kappa shape index (κ2) is 11.1. The normalized spacial score (nSPS) is 17.4. The number of nitrogens with zero attached hydrogens (tertiary/aromatic N) is 3. The molecule has 2 aliphatic rings. The third-order valence-electron chi connectivity index (χ3n) is 6.44. The average molecular weight is 541 g/mol. The smallest absolute Gasteiger partial charge is 0.280 e. The Bertz CT molecular complexity index is 1370. The molecule has 10 nitrogen and oxygen atoms in total. The molecule has 1 atom stereocenters. The molecule has 1 aromatic carbocycles. The van der Waals surface area contributed by atoms with Crippen molar-refractivity contribution >= 4 is 15.8 Å². The van der Waals surface area contributed by atoms with Gasteiger partial charge in [-0.25, -0.2) is 9.97 Å². The van der Waals surface area contributed by atoms with Crippen LogP contribution in [0, 0.1) is 0 Å². The zero-order chi connectivity index (χ0) is 26.7. The molecule has 0 amide bonds. The molecular weight excluding hydrogens is 508 g/mol. The number of anilines is 1. The summed E-state index contributed by atoms with van der Waals surface area (Å²) in [6.07, 6.45) is 5.17. The third-order valence-corrected chi connectivity index (χ3v) is 7.69. The fourth-order valence-electron chi connectivity index (χ4n) is 4.06. The first kappa shape index (κ1) is 26.2. The van der Waals surface area contributed by atoms with Crippen molar-refractivity contribution in [1.82, 2.24) is 15.0 Å². The molecule has 1 aliphatic carbocycles. The highest BCUT2D eigenvalue weighted by Crippen LogP contribution is 2.45. The second-order valence-corrected chi connectivity index (χ2v) is 11.4. The lowest BCUT2D eigenvalue weighted by Gasteiger charge is -2.19. The van der Waals surface area contributed by atoms with E-state index in [0.29, 0.717) is 23.9 Å². The van der Waals surface area contributed by atoms with Crippen molar-refractivity contribution in [2.75, 3.05) is 25.0 Å². The minimum atomic E-state index is -4.10. The lowest BCUT2D eigenvalue weighted by atomic mass is 10.1. The van der Waals surface area contributed by atoms with Gasteiger partial charge in [-0.1, -0.05) is 32.0 Å². The zero-order valence-electron chi connectivity index (χ0n) is 21.7. The van der Waals surface area contributed by atoms with Crippen molar-refractivity contribution in [3.05, 3.63) is 54.0 Å². The molecule has 5 rings (SSSR count). The SMILES string of the molecule is COc1ccccc1Oc1c(NS(=O)(=O)c2ccc(C(C)C)cn2)nc(C2CC2)nc1OCC1CCCO1. The van der Waals surface area contributed by atoms with Gasteiger partial charge in [0.25, 0.3) is 15.9 Å². The largest absolute Gasteiger partial charge is 0.493 e. The highest BCUT2D eigenvalue weighted by Gasteiger charge is 2.32. The Morgan fingerprint density at radius 2 is 1.87 bits per heavy atom. The third kappa shape index (κ3) is 5.99. The number of para-hydroxylation sites is 2. The van der Waals surface area contributed by atoms with E-state index in [1.807, 2.05) is 19.9 Å². The van der Waals surface area contributed by atoms with Gasteiger partial charge in [0.15, 0.2) is 22.3 Å². The number of hydrogen-bond acceptors (Lipinski definition) is 9. The van der Waals surface area contributed by atoms with Crippen molar-refractivity contribution < 1.29 is 27.4 Å². The van der Waals surface area contributed by atoms with E-state index < -0.39 is 10.0 Å². The number of rotatable bonds is 11. The summed E-state index contributed by atoms with van der Waals surface area (Å²) in [4.78, 5) is 13.4. The van der Waals surface area contributed by atoms with E-state index in [0.717, 1.165) is 31.2 Å². The summed E-state index contributed by atoms with van der Waals surface area (Å²) >= 11 is 0. The van der Waals surface area contributed by atoms with Crippen LogP contribution in [-0.2, 0) is 14.8 Å². The van der Waals surface area contributed by atoms with Crippen molar-refractivity contribution in [3.8, 4) is 23.1 Å². The first-order valence-corrected chi connectivity index (χ1v) is 14.3. The Morgan fingerprint density at radius 1 is 1.08 bits per heavy atom. The number of ether oxygens (including phenoxy) is 4. The van der Waals surface area contributed by atoms with Crippen LogP contribution in [0.4, 0.5) is 5.82 Å². The quantitative estimate of drug-likeness (QED) is 0.357. The molecule has 0 bridgehead atoms. The number of sulfonamides is 1. The van der Waals surface area contributed by atoms with Gasteiger partial charge in [-0.15, -0.1) is 0 Å². The molecule has 0 radical (unpaired) electrons. The molecule has 1 saturated heterocycles. The summed E-state index contributed by atoms with van der Waals surface area (Å²) in [6.45, 7) is 4.98. The number of aromatic nitrogens is 3. The molecule has 1 aliphatic heterocycles. The van der Waals surface area contributed by atoms with Gasteiger partial charge >= 0.3 is 0 Å². The van der Waals surface area contributed by atoms with Gasteiger partial charge in [-0.05, 0) is 55.4 Å². The van der Waals surface area contributed by atoms with Crippen LogP contribution in [0.2, 0.25) is 0 Å². The molecule has 1 unspecified atom stereocenters. The first-order valence-electron chi connectivity index (χ1n) is 12.8. The van der Waals surface area contributed by atoms with Crippen LogP contribution in [0.5, 0.6) is 23.1 Å². The maximum Gasteiger partial charge on any atom is 0.280 e. The predicted molar refractivity (Wildman–Crippen MR) is 141 cm³/mol. The van der Waals surface area contributed by atoms with Crippen LogP contribution >= 0.6 is 0 Å². The van der Waals surface area contributed by atoms with Crippen LogP contribution in [0.1, 0.15) is 62.8 Å². The standard InChI is InChI=1S/C27H32N4O6S/c1-17(2)19-12-13-23(28-15-19)38(32,33)31-26-24(37-22-9-5-4-8-21(22)34-3)27(30-25(29-26)18-10-11-18)36-16-20-7-6-14-35-20/h4-5,8-9,12-13,15,17-18,20H,6-7,10-11,14,16H2,1-3H3,(H,29,30,31). The summed E-state index contributed by atoms with van der Waals surface area (Å²) in [6, 6.07) is 10.3. The van der Waals surface area contributed by atoms with Gasteiger partial charge in [-0.2, -0.15) is 13.4 Å². The van der Waals surface area contributed by atoms with Crippen molar-refractivity contribution in [1.29, 1.82) is 0 Å². The van der Waals surface area contributed by atoms with E-state index in [9.17, 15) is 8.42 Å². The van der Waals surface area contributed by atoms with Gasteiger partial charge in [-0.3, -0.25) is 4.72 Å². The van der Waals surface area contributed by atoms with Crippen LogP contribution in [0.15, 0.2) is 47.6 Å². The van der Waals surface area contributed by atoms with Crippen molar-refractivity contribution in [2.45, 2.75) is 62.5 Å². The fraction of sp³-hybridized carbons (Fsp3) is 0.444. The Hall–Kier alpha value is -3.44. The Labute approximate surface area is 222 Å². The summed E-state index contributed by atoms with van der Waals surface area (Å²) in [5.41, 5.74) is 0.937. The topological polar surface area (TPSA) is 122 Å². The van der Waals surface area contributed by atoms with E-state index in [-0.39, 0.29) is 47.0 Å². The van der Waals surface area contributed by atoms with Crippen LogP contribution in [0.3, 0.4) is 0 Å². The molecule has 3 aromatic rings. The molecule has 202 valence electrons. The lowest BCUT2D eigenvalue weighted by molar-refractivity contribution is 0.0653. The van der Waals surface area contributed by atoms with Gasteiger partial charge < -0.3 is 18.9 Å². The molecule has 38 heavy (non-hydrogen) atoms. The molecular formula is C27H32N4O6S. The Morgan fingerprint density at radius 3 is 2.50 bits per heavy atom. The maximum absolute atomic E-state index is 13.4. The van der Waals surface area contributed by atoms with E-state index in [1.165, 1.54) is 13.2 Å². The number of hydrogen-bond donors (Lipinski definition) is 1.